The summed E-state index contributed by atoms with van der Waals surface area (Å²) in [6.45, 7) is 3.85. The lowest BCUT2D eigenvalue weighted by Gasteiger charge is -2.27. The van der Waals surface area contributed by atoms with Gasteiger partial charge >= 0.3 is 6.09 Å². The van der Waals surface area contributed by atoms with Crippen LogP contribution in [0.3, 0.4) is 0 Å². The fourth-order valence-electron chi connectivity index (χ4n) is 3.20. The predicted molar refractivity (Wildman–Crippen MR) is 117 cm³/mol. The van der Waals surface area contributed by atoms with Gasteiger partial charge in [-0.1, -0.05) is 13.8 Å². The number of nitrogens with one attached hydrogen (secondary N) is 2. The molecule has 5 nitrogen and oxygen atoms in total. The number of amides is 1. The van der Waals surface area contributed by atoms with E-state index in [-0.39, 0.29) is 36.0 Å². The molecule has 4 rings (SSSR count). The summed E-state index contributed by atoms with van der Waals surface area (Å²) in [7, 11) is 0. The van der Waals surface area contributed by atoms with Crippen LogP contribution in [-0.4, -0.2) is 34.9 Å². The molecule has 0 aliphatic heterocycles. The van der Waals surface area contributed by atoms with Gasteiger partial charge in [0.1, 0.15) is 23.6 Å². The van der Waals surface area contributed by atoms with E-state index in [1.807, 2.05) is 13.8 Å². The highest BCUT2D eigenvalue weighted by Crippen LogP contribution is 2.26. The van der Waals surface area contributed by atoms with E-state index in [1.165, 1.54) is 18.2 Å². The highest BCUT2D eigenvalue weighted by Gasteiger charge is 2.23. The van der Waals surface area contributed by atoms with Crippen LogP contribution in [0.5, 0.6) is 0 Å². The Hall–Kier alpha value is -3.00. The van der Waals surface area contributed by atoms with Crippen molar-refractivity contribution in [2.75, 3.05) is 6.61 Å². The van der Waals surface area contributed by atoms with Gasteiger partial charge in [0.15, 0.2) is 0 Å². The summed E-state index contributed by atoms with van der Waals surface area (Å²) in [6, 6.07) is 9.30. The zero-order valence-corrected chi connectivity index (χ0v) is 18.0. The number of aliphatic hydroxyl groups excluding tert-OH is 1. The number of hydrogen-bond acceptors (Lipinski definition) is 3. The van der Waals surface area contributed by atoms with Gasteiger partial charge in [0.05, 0.1) is 18.2 Å². The molecule has 172 valence electrons. The van der Waals surface area contributed by atoms with Crippen LogP contribution in [0.4, 0.5) is 18.0 Å². The molecule has 1 aromatic heterocycles. The molecule has 0 saturated heterocycles. The molecule has 3 aromatic rings. The standard InChI is InChI=1S/C14H8F3N.C10H19NO3/c15-10-3-1-8(2-4-10)13-6-9-5-11(16)7-12(17)14(9)18-13;1-7(2)9(6-12)11-10(13)14-8-4-3-5-8/h1-7,18H;7-9,12H,3-6H2,1-2H3,(H,11,13). The number of hydrogen-bond donors (Lipinski definition) is 3. The van der Waals surface area contributed by atoms with Gasteiger partial charge < -0.3 is 20.1 Å². The van der Waals surface area contributed by atoms with Crippen LogP contribution in [0, 0.1) is 23.4 Å². The Balaban J connectivity index is 0.000000188. The van der Waals surface area contributed by atoms with Gasteiger partial charge in [-0.05, 0) is 67.1 Å². The maximum absolute atomic E-state index is 13.5. The highest BCUT2D eigenvalue weighted by molar-refractivity contribution is 5.86. The molecule has 3 N–H and O–H groups in total. The van der Waals surface area contributed by atoms with E-state index in [0.717, 1.165) is 25.3 Å². The quantitative estimate of drug-likeness (QED) is 0.480. The molecule has 32 heavy (non-hydrogen) atoms. The Morgan fingerprint density at radius 2 is 1.81 bits per heavy atom. The highest BCUT2D eigenvalue weighted by atomic mass is 19.1. The van der Waals surface area contributed by atoms with Gasteiger partial charge in [0.2, 0.25) is 0 Å². The van der Waals surface area contributed by atoms with E-state index in [2.05, 4.69) is 10.3 Å². The number of aliphatic hydroxyl groups is 1. The predicted octanol–water partition coefficient (Wildman–Crippen LogP) is 5.53. The first-order valence-corrected chi connectivity index (χ1v) is 10.6. The van der Waals surface area contributed by atoms with Crippen LogP contribution in [-0.2, 0) is 4.74 Å². The molecule has 1 saturated carbocycles. The van der Waals surface area contributed by atoms with Crippen molar-refractivity contribution in [2.45, 2.75) is 45.3 Å². The second kappa shape index (κ2) is 10.5. The first-order chi connectivity index (χ1) is 15.3. The number of fused-ring (bicyclic) bond motifs is 1. The summed E-state index contributed by atoms with van der Waals surface area (Å²) in [5.74, 6) is -1.39. The van der Waals surface area contributed by atoms with Crippen molar-refractivity contribution < 1.29 is 27.8 Å². The van der Waals surface area contributed by atoms with Crippen molar-refractivity contribution in [3.8, 4) is 11.3 Å². The number of halogens is 3. The first-order valence-electron chi connectivity index (χ1n) is 10.6. The maximum atomic E-state index is 13.5. The van der Waals surface area contributed by atoms with Gasteiger partial charge in [-0.15, -0.1) is 0 Å². The Morgan fingerprint density at radius 1 is 1.12 bits per heavy atom. The second-order valence-corrected chi connectivity index (χ2v) is 8.18. The Kier molecular flexibility index (Phi) is 7.80. The summed E-state index contributed by atoms with van der Waals surface area (Å²) in [5, 5.41) is 12.1. The van der Waals surface area contributed by atoms with Crippen LogP contribution in [0.25, 0.3) is 22.2 Å². The minimum Gasteiger partial charge on any atom is -0.446 e. The third-order valence-electron chi connectivity index (χ3n) is 5.43. The number of aromatic nitrogens is 1. The SMILES string of the molecule is CC(C)C(CO)NC(=O)OC1CCC1.Fc1ccc(-c2cc3cc(F)cc(F)c3[nH]2)cc1. The first kappa shape index (κ1) is 23.7. The van der Waals surface area contributed by atoms with Crippen LogP contribution in [0.1, 0.15) is 33.1 Å². The minimum atomic E-state index is -0.640. The number of benzene rings is 2. The third kappa shape index (κ3) is 6.03. The summed E-state index contributed by atoms with van der Waals surface area (Å²) in [4.78, 5) is 14.1. The fraction of sp³-hybridized carbons (Fsp3) is 0.375. The van der Waals surface area contributed by atoms with Crippen molar-refractivity contribution in [2.24, 2.45) is 5.92 Å². The molecule has 1 amide bonds. The summed E-state index contributed by atoms with van der Waals surface area (Å²) < 4.78 is 44.5. The number of alkyl carbamates (subject to hydrolysis) is 1. The molecule has 2 aromatic carbocycles. The Morgan fingerprint density at radius 3 is 2.38 bits per heavy atom. The molecule has 1 fully saturated rings. The van der Waals surface area contributed by atoms with Gasteiger partial charge in [-0.25, -0.2) is 18.0 Å². The van der Waals surface area contributed by atoms with Crippen LogP contribution >= 0.6 is 0 Å². The number of carbonyl (C=O) groups is 1. The lowest BCUT2D eigenvalue weighted by atomic mass is 9.96. The van der Waals surface area contributed by atoms with Crippen molar-refractivity contribution in [3.05, 3.63) is 59.9 Å². The minimum absolute atomic E-state index is 0.0442. The van der Waals surface area contributed by atoms with E-state index in [9.17, 15) is 18.0 Å². The van der Waals surface area contributed by atoms with E-state index in [0.29, 0.717) is 16.6 Å². The zero-order chi connectivity index (χ0) is 23.3. The molecule has 0 radical (unpaired) electrons. The average molecular weight is 448 g/mol. The molecule has 1 atom stereocenters. The molecule has 1 unspecified atom stereocenters. The smallest absolute Gasteiger partial charge is 0.407 e. The van der Waals surface area contributed by atoms with Gasteiger partial charge in [-0.3, -0.25) is 0 Å². The number of rotatable bonds is 5. The molecular weight excluding hydrogens is 421 g/mol. The van der Waals surface area contributed by atoms with E-state index >= 15 is 0 Å². The molecule has 0 bridgehead atoms. The van der Waals surface area contributed by atoms with Crippen molar-refractivity contribution >= 4 is 17.0 Å². The molecule has 0 spiro atoms. The summed E-state index contributed by atoms with van der Waals surface area (Å²) in [6.07, 6.45) is 2.78. The largest absolute Gasteiger partial charge is 0.446 e. The molecule has 1 aliphatic carbocycles. The maximum Gasteiger partial charge on any atom is 0.407 e. The number of ether oxygens (including phenoxy) is 1. The molecule has 1 aliphatic rings. The summed E-state index contributed by atoms with van der Waals surface area (Å²) >= 11 is 0. The Labute approximate surface area is 184 Å². The normalized spacial score (nSPS) is 14.5. The van der Waals surface area contributed by atoms with E-state index in [4.69, 9.17) is 9.84 Å². The lowest BCUT2D eigenvalue weighted by Crippen LogP contribution is -2.43. The molecular formula is C24H27F3N2O3. The average Bonchev–Trinajstić information content (AvgIpc) is 3.14. The van der Waals surface area contributed by atoms with Gasteiger partial charge in [0.25, 0.3) is 0 Å². The van der Waals surface area contributed by atoms with Crippen molar-refractivity contribution in [1.82, 2.24) is 10.3 Å². The fourth-order valence-corrected chi connectivity index (χ4v) is 3.20. The van der Waals surface area contributed by atoms with Gasteiger partial charge in [0, 0.05) is 17.1 Å². The van der Waals surface area contributed by atoms with Crippen LogP contribution in [0.2, 0.25) is 0 Å². The van der Waals surface area contributed by atoms with E-state index < -0.39 is 17.7 Å². The lowest BCUT2D eigenvalue weighted by molar-refractivity contribution is 0.0466. The zero-order valence-electron chi connectivity index (χ0n) is 18.0. The van der Waals surface area contributed by atoms with Crippen molar-refractivity contribution in [3.63, 3.8) is 0 Å². The van der Waals surface area contributed by atoms with Gasteiger partial charge in [-0.2, -0.15) is 0 Å². The monoisotopic (exact) mass is 448 g/mol. The topological polar surface area (TPSA) is 74.3 Å². The third-order valence-corrected chi connectivity index (χ3v) is 5.43. The number of carbonyl (C=O) groups excluding carboxylic acids is 1. The van der Waals surface area contributed by atoms with E-state index in [1.54, 1.807) is 18.2 Å². The molecule has 1 heterocycles. The molecule has 8 heteroatoms. The second-order valence-electron chi connectivity index (χ2n) is 8.18. The van der Waals surface area contributed by atoms with Crippen LogP contribution in [0.15, 0.2) is 42.5 Å². The van der Waals surface area contributed by atoms with Crippen LogP contribution < -0.4 is 5.32 Å². The number of aromatic amines is 1. The van der Waals surface area contributed by atoms with Crippen molar-refractivity contribution in [1.29, 1.82) is 0 Å². The Bertz CT molecular complexity index is 1050. The number of H-pyrrole nitrogens is 1. The summed E-state index contributed by atoms with van der Waals surface area (Å²) in [5.41, 5.74) is 1.58.